The number of piperidine rings is 1. The number of carbonyl (C=O) groups excluding carboxylic acids is 2. The van der Waals surface area contributed by atoms with Crippen LogP contribution in [0.5, 0.6) is 11.5 Å². The van der Waals surface area contributed by atoms with Crippen LogP contribution in [0.15, 0.2) is 29.8 Å². The molecule has 144 valence electrons. The Kier molecular flexibility index (Phi) is 6.12. The van der Waals surface area contributed by atoms with Gasteiger partial charge in [-0.15, -0.1) is 11.3 Å². The Morgan fingerprint density at radius 2 is 1.89 bits per heavy atom. The molecule has 1 aromatic carbocycles. The average Bonchev–Trinajstić information content (AvgIpc) is 3.21. The number of thiazole rings is 1. The maximum atomic E-state index is 12.5. The fourth-order valence-electron chi connectivity index (χ4n) is 2.95. The standard InChI is InChI=1S/C18H22N4O4S/c1-25-14-4-3-13(11-15(14)26-2)20-18(24)22-8-5-12(6-9-22)16(23)21-17-19-7-10-27-17/h3-4,7,10-12H,5-6,8-9H2,1-2H3,(H,20,24)(H,19,21,23). The van der Waals surface area contributed by atoms with Crippen LogP contribution in [-0.4, -0.2) is 49.1 Å². The van der Waals surface area contributed by atoms with E-state index >= 15 is 0 Å². The van der Waals surface area contributed by atoms with Crippen molar-refractivity contribution < 1.29 is 19.1 Å². The number of nitrogens with zero attached hydrogens (tertiary/aromatic N) is 2. The number of ether oxygens (including phenoxy) is 2. The monoisotopic (exact) mass is 390 g/mol. The van der Waals surface area contributed by atoms with Crippen molar-refractivity contribution in [1.82, 2.24) is 9.88 Å². The Balaban J connectivity index is 1.52. The third-order valence-corrected chi connectivity index (χ3v) is 5.14. The van der Waals surface area contributed by atoms with Gasteiger partial charge in [-0.1, -0.05) is 0 Å². The zero-order chi connectivity index (χ0) is 19.2. The van der Waals surface area contributed by atoms with Crippen LogP contribution in [-0.2, 0) is 4.79 Å². The van der Waals surface area contributed by atoms with Gasteiger partial charge in [0.05, 0.1) is 14.2 Å². The highest BCUT2D eigenvalue weighted by Crippen LogP contribution is 2.30. The van der Waals surface area contributed by atoms with Crippen molar-refractivity contribution in [3.8, 4) is 11.5 Å². The van der Waals surface area contributed by atoms with Gasteiger partial charge in [-0.25, -0.2) is 9.78 Å². The molecule has 0 radical (unpaired) electrons. The molecule has 2 aromatic rings. The summed E-state index contributed by atoms with van der Waals surface area (Å²) in [4.78, 5) is 30.5. The van der Waals surface area contributed by atoms with E-state index in [0.29, 0.717) is 48.2 Å². The van der Waals surface area contributed by atoms with Crippen LogP contribution in [0.1, 0.15) is 12.8 Å². The topological polar surface area (TPSA) is 92.8 Å². The van der Waals surface area contributed by atoms with Crippen LogP contribution in [0.4, 0.5) is 15.6 Å². The Labute approximate surface area is 161 Å². The van der Waals surface area contributed by atoms with Crippen LogP contribution in [0.25, 0.3) is 0 Å². The van der Waals surface area contributed by atoms with Crippen molar-refractivity contribution in [2.45, 2.75) is 12.8 Å². The quantitative estimate of drug-likeness (QED) is 0.819. The first-order chi connectivity index (χ1) is 13.1. The van der Waals surface area contributed by atoms with Gasteiger partial charge in [0.25, 0.3) is 0 Å². The molecule has 2 heterocycles. The van der Waals surface area contributed by atoms with E-state index in [9.17, 15) is 9.59 Å². The van der Waals surface area contributed by atoms with Gasteiger partial charge in [-0.05, 0) is 25.0 Å². The normalized spacial score (nSPS) is 14.5. The number of carbonyl (C=O) groups is 2. The Morgan fingerprint density at radius 1 is 1.15 bits per heavy atom. The molecule has 0 saturated carbocycles. The molecule has 0 aliphatic carbocycles. The van der Waals surface area contributed by atoms with Crippen molar-refractivity contribution in [3.63, 3.8) is 0 Å². The summed E-state index contributed by atoms with van der Waals surface area (Å²) in [6.45, 7) is 1.05. The van der Waals surface area contributed by atoms with Gasteiger partial charge in [-0.2, -0.15) is 0 Å². The van der Waals surface area contributed by atoms with E-state index in [4.69, 9.17) is 9.47 Å². The van der Waals surface area contributed by atoms with Crippen molar-refractivity contribution in [3.05, 3.63) is 29.8 Å². The Bertz CT molecular complexity index is 789. The zero-order valence-electron chi connectivity index (χ0n) is 15.2. The van der Waals surface area contributed by atoms with Crippen molar-refractivity contribution in [2.24, 2.45) is 5.92 Å². The molecule has 1 saturated heterocycles. The SMILES string of the molecule is COc1ccc(NC(=O)N2CCC(C(=O)Nc3nccs3)CC2)cc1OC. The molecule has 3 amide bonds. The molecule has 8 nitrogen and oxygen atoms in total. The fourth-order valence-corrected chi connectivity index (χ4v) is 3.49. The number of aromatic nitrogens is 1. The summed E-state index contributed by atoms with van der Waals surface area (Å²) >= 11 is 1.39. The van der Waals surface area contributed by atoms with Gasteiger partial charge in [0, 0.05) is 42.3 Å². The molecule has 0 atom stereocenters. The molecule has 1 aliphatic rings. The van der Waals surface area contributed by atoms with E-state index in [1.165, 1.54) is 11.3 Å². The number of methoxy groups -OCH3 is 2. The maximum absolute atomic E-state index is 12.5. The number of rotatable bonds is 5. The lowest BCUT2D eigenvalue weighted by Crippen LogP contribution is -2.43. The first kappa shape index (κ1) is 19.0. The highest BCUT2D eigenvalue weighted by atomic mass is 32.1. The minimum atomic E-state index is -0.194. The average molecular weight is 390 g/mol. The van der Waals surface area contributed by atoms with Gasteiger partial charge < -0.3 is 25.0 Å². The summed E-state index contributed by atoms with van der Waals surface area (Å²) in [6, 6.07) is 5.02. The van der Waals surface area contributed by atoms with E-state index in [1.807, 2.05) is 5.38 Å². The number of hydrogen-bond donors (Lipinski definition) is 2. The molecule has 1 aromatic heterocycles. The third-order valence-electron chi connectivity index (χ3n) is 4.45. The zero-order valence-corrected chi connectivity index (χ0v) is 16.0. The molecule has 9 heteroatoms. The molecule has 27 heavy (non-hydrogen) atoms. The predicted molar refractivity (Wildman–Crippen MR) is 104 cm³/mol. The molecule has 0 bridgehead atoms. The molecule has 1 fully saturated rings. The van der Waals surface area contributed by atoms with E-state index in [2.05, 4.69) is 15.6 Å². The van der Waals surface area contributed by atoms with Gasteiger partial charge in [-0.3, -0.25) is 4.79 Å². The molecular formula is C18H22N4O4S. The lowest BCUT2D eigenvalue weighted by atomic mass is 9.96. The van der Waals surface area contributed by atoms with Crippen LogP contribution >= 0.6 is 11.3 Å². The van der Waals surface area contributed by atoms with Gasteiger partial charge in [0.2, 0.25) is 5.91 Å². The number of amides is 3. The second-order valence-electron chi connectivity index (χ2n) is 6.09. The first-order valence-electron chi connectivity index (χ1n) is 8.59. The van der Waals surface area contributed by atoms with Crippen LogP contribution in [0.2, 0.25) is 0 Å². The van der Waals surface area contributed by atoms with Gasteiger partial charge in [0.15, 0.2) is 16.6 Å². The van der Waals surface area contributed by atoms with Crippen LogP contribution < -0.4 is 20.1 Å². The van der Waals surface area contributed by atoms with E-state index in [-0.39, 0.29) is 17.9 Å². The maximum Gasteiger partial charge on any atom is 0.321 e. The number of hydrogen-bond acceptors (Lipinski definition) is 6. The second-order valence-corrected chi connectivity index (χ2v) is 6.98. The number of benzene rings is 1. The van der Waals surface area contributed by atoms with E-state index in [0.717, 1.165) is 0 Å². The fraction of sp³-hybridized carbons (Fsp3) is 0.389. The number of urea groups is 1. The van der Waals surface area contributed by atoms with Crippen molar-refractivity contribution in [2.75, 3.05) is 37.9 Å². The van der Waals surface area contributed by atoms with Gasteiger partial charge >= 0.3 is 6.03 Å². The minimum Gasteiger partial charge on any atom is -0.493 e. The van der Waals surface area contributed by atoms with Crippen molar-refractivity contribution >= 4 is 34.1 Å². The molecule has 3 rings (SSSR count). The Morgan fingerprint density at radius 3 is 2.52 bits per heavy atom. The smallest absolute Gasteiger partial charge is 0.321 e. The summed E-state index contributed by atoms with van der Waals surface area (Å²) < 4.78 is 10.4. The highest BCUT2D eigenvalue weighted by Gasteiger charge is 2.27. The largest absolute Gasteiger partial charge is 0.493 e. The van der Waals surface area contributed by atoms with Crippen molar-refractivity contribution in [1.29, 1.82) is 0 Å². The number of nitrogens with one attached hydrogen (secondary N) is 2. The molecule has 1 aliphatic heterocycles. The first-order valence-corrected chi connectivity index (χ1v) is 9.47. The van der Waals surface area contributed by atoms with Crippen LogP contribution in [0.3, 0.4) is 0 Å². The number of anilines is 2. The Hall–Kier alpha value is -2.81. The summed E-state index contributed by atoms with van der Waals surface area (Å²) in [5.74, 6) is 0.999. The van der Waals surface area contributed by atoms with E-state index in [1.54, 1.807) is 43.5 Å². The third kappa shape index (κ3) is 4.68. The lowest BCUT2D eigenvalue weighted by Gasteiger charge is -2.31. The summed E-state index contributed by atoms with van der Waals surface area (Å²) in [5.41, 5.74) is 0.626. The minimum absolute atomic E-state index is 0.0371. The molecule has 2 N–H and O–H groups in total. The summed E-state index contributed by atoms with van der Waals surface area (Å²) in [6.07, 6.45) is 2.90. The van der Waals surface area contributed by atoms with E-state index < -0.39 is 0 Å². The summed E-state index contributed by atoms with van der Waals surface area (Å²) in [7, 11) is 3.11. The lowest BCUT2D eigenvalue weighted by molar-refractivity contribution is -0.121. The molecular weight excluding hydrogens is 368 g/mol. The molecule has 0 spiro atoms. The van der Waals surface area contributed by atoms with Gasteiger partial charge in [0.1, 0.15) is 0 Å². The second kappa shape index (κ2) is 8.72. The van der Waals surface area contributed by atoms with Crippen LogP contribution in [0, 0.1) is 5.92 Å². The summed E-state index contributed by atoms with van der Waals surface area (Å²) in [5, 5.41) is 8.10. The molecule has 0 unspecified atom stereocenters. The predicted octanol–water partition coefficient (Wildman–Crippen LogP) is 3.04. The highest BCUT2D eigenvalue weighted by molar-refractivity contribution is 7.13. The number of likely N-dealkylation sites (tertiary alicyclic amines) is 1.